The molecule has 3 aliphatic rings. The zero-order valence-corrected chi connectivity index (χ0v) is 18.0. The maximum Gasteiger partial charge on any atom is 0.370 e. The second-order valence-corrected chi connectivity index (χ2v) is 9.62. The van der Waals surface area contributed by atoms with Crippen molar-refractivity contribution in [1.82, 2.24) is 15.2 Å². The second kappa shape index (κ2) is 8.07. The molecule has 5 N–H and O–H groups in total. The fraction of sp³-hybridized carbons (Fsp3) is 0.438. The molecule has 4 rings (SSSR count). The maximum atomic E-state index is 12.8. The minimum absolute atomic E-state index is 0.0689. The molecule has 0 aromatic carbocycles. The Kier molecular flexibility index (Phi) is 5.52. The van der Waals surface area contributed by atoms with Gasteiger partial charge in [-0.25, -0.2) is 14.6 Å². The van der Waals surface area contributed by atoms with E-state index in [9.17, 15) is 33.3 Å². The van der Waals surface area contributed by atoms with Gasteiger partial charge in [0.2, 0.25) is 6.61 Å². The van der Waals surface area contributed by atoms with Crippen LogP contribution in [0, 0.1) is 5.92 Å². The summed E-state index contributed by atoms with van der Waals surface area (Å²) in [6, 6.07) is -1.42. The predicted octanol–water partition coefficient (Wildman–Crippen LogP) is -2.71. The molecule has 0 radical (unpaired) electrons. The van der Waals surface area contributed by atoms with E-state index in [1.807, 2.05) is 0 Å². The molecule has 176 valence electrons. The number of carbonyl (C=O) groups excluding carboxylic acids is 3. The van der Waals surface area contributed by atoms with Crippen LogP contribution in [0.3, 0.4) is 0 Å². The number of anilines is 1. The van der Waals surface area contributed by atoms with Crippen molar-refractivity contribution in [1.29, 1.82) is 0 Å². The molecule has 17 heteroatoms. The van der Waals surface area contributed by atoms with Gasteiger partial charge in [-0.1, -0.05) is 5.16 Å². The number of oxime groups is 1. The van der Waals surface area contributed by atoms with Crippen LogP contribution < -0.4 is 11.1 Å². The molecule has 3 fully saturated rings. The number of nitrogens with one attached hydrogen (secondary N) is 1. The summed E-state index contributed by atoms with van der Waals surface area (Å²) in [4.78, 5) is 69.3. The van der Waals surface area contributed by atoms with Crippen LogP contribution in [0.5, 0.6) is 0 Å². The second-order valence-electron chi connectivity index (χ2n) is 7.15. The molecular weight excluding hydrogens is 486 g/mol. The number of esters is 1. The first kappa shape index (κ1) is 22.6. The van der Waals surface area contributed by atoms with E-state index in [0.717, 1.165) is 11.3 Å². The number of nitrogens with zero attached hydrogens (tertiary/aromatic N) is 3. The van der Waals surface area contributed by atoms with Crippen LogP contribution in [0.2, 0.25) is 0 Å². The summed E-state index contributed by atoms with van der Waals surface area (Å²) in [5.41, 5.74) is 2.68. The molecule has 0 aliphatic carbocycles. The lowest BCUT2D eigenvalue weighted by Crippen LogP contribution is -2.83. The van der Waals surface area contributed by atoms with Gasteiger partial charge in [0, 0.05) is 21.9 Å². The largest absolute Gasteiger partial charge is 0.479 e. The predicted molar refractivity (Wildman–Crippen MR) is 107 cm³/mol. The van der Waals surface area contributed by atoms with E-state index in [4.69, 9.17) is 15.6 Å². The number of carboxylic acids is 2. The fourth-order valence-corrected chi connectivity index (χ4v) is 6.32. The van der Waals surface area contributed by atoms with Gasteiger partial charge >= 0.3 is 17.9 Å². The summed E-state index contributed by atoms with van der Waals surface area (Å²) in [6.07, 6.45) is -0.311. The van der Waals surface area contributed by atoms with Crippen molar-refractivity contribution in [2.24, 2.45) is 11.1 Å². The maximum absolute atomic E-state index is 12.8. The molecule has 5 atom stereocenters. The Labute approximate surface area is 190 Å². The number of ether oxygens (including phenoxy) is 1. The number of hydrogen-bond donors (Lipinski definition) is 4. The van der Waals surface area contributed by atoms with Crippen molar-refractivity contribution in [3.05, 3.63) is 11.1 Å². The van der Waals surface area contributed by atoms with Crippen LogP contribution in [0.4, 0.5) is 5.13 Å². The lowest BCUT2D eigenvalue weighted by molar-refractivity contribution is -0.216. The monoisotopic (exact) mass is 501 g/mol. The topological polar surface area (TPSA) is 228 Å². The number of β-lactam (4-membered cyclic amide) rings is 1. The molecule has 33 heavy (non-hydrogen) atoms. The highest BCUT2D eigenvalue weighted by molar-refractivity contribution is 7.85. The van der Waals surface area contributed by atoms with E-state index in [1.54, 1.807) is 0 Å². The molecular formula is C16H15N5O10S2. The highest BCUT2D eigenvalue weighted by atomic mass is 32.2. The third-order valence-corrected chi connectivity index (χ3v) is 7.61. The average Bonchev–Trinajstić information content (AvgIpc) is 3.30. The molecule has 15 nitrogen and oxygen atoms in total. The molecule has 1 aromatic heterocycles. The van der Waals surface area contributed by atoms with Gasteiger partial charge in [-0.2, -0.15) is 0 Å². The lowest BCUT2D eigenvalue weighted by Gasteiger charge is -2.56. The number of nitrogen functional groups attached to an aromatic ring is 1. The number of aromatic nitrogens is 1. The first-order valence-electron chi connectivity index (χ1n) is 9.15. The first-order chi connectivity index (χ1) is 15.6. The van der Waals surface area contributed by atoms with Crippen LogP contribution >= 0.6 is 11.3 Å². The van der Waals surface area contributed by atoms with Gasteiger partial charge in [0.15, 0.2) is 10.8 Å². The summed E-state index contributed by atoms with van der Waals surface area (Å²) in [7, 11) is -1.82. The molecule has 2 amide bonds. The number of aliphatic carboxylic acids is 2. The number of carboxylic acid groups (broad SMARTS) is 2. The van der Waals surface area contributed by atoms with Crippen LogP contribution in [-0.4, -0.2) is 89.2 Å². The van der Waals surface area contributed by atoms with E-state index in [1.165, 1.54) is 5.38 Å². The lowest BCUT2D eigenvalue weighted by atomic mass is 9.89. The van der Waals surface area contributed by atoms with E-state index in [0.29, 0.717) is 4.90 Å². The Morgan fingerprint density at radius 2 is 2.15 bits per heavy atom. The number of nitrogens with two attached hydrogens (primary N) is 1. The van der Waals surface area contributed by atoms with Crippen LogP contribution in [0.1, 0.15) is 12.1 Å². The number of carbonyl (C=O) groups is 5. The van der Waals surface area contributed by atoms with Crippen molar-refractivity contribution in [3.8, 4) is 0 Å². The molecule has 0 bridgehead atoms. The molecule has 0 spiro atoms. The van der Waals surface area contributed by atoms with Crippen LogP contribution in [0.25, 0.3) is 0 Å². The van der Waals surface area contributed by atoms with E-state index in [2.05, 4.69) is 20.3 Å². The summed E-state index contributed by atoms with van der Waals surface area (Å²) in [6.45, 7) is -0.868. The SMILES string of the molecule is Nc1nc(/C(=N/OCC(=O)O)C(=O)N[C@@H]2C(=O)N3[C@@H]2[S@@](=O)C[C@@H]2CC(=O)O[C@@]23C(=O)O)cs1. The Hall–Kier alpha value is -3.60. The molecule has 3 saturated heterocycles. The third kappa shape index (κ3) is 3.58. The van der Waals surface area contributed by atoms with Crippen molar-refractivity contribution >= 4 is 62.7 Å². The van der Waals surface area contributed by atoms with Gasteiger partial charge in [0.05, 0.1) is 12.3 Å². The normalized spacial score (nSPS) is 30.5. The minimum Gasteiger partial charge on any atom is -0.479 e. The summed E-state index contributed by atoms with van der Waals surface area (Å²) < 4.78 is 17.8. The van der Waals surface area contributed by atoms with E-state index >= 15 is 0 Å². The number of rotatable bonds is 7. The molecule has 0 saturated carbocycles. The van der Waals surface area contributed by atoms with Crippen LogP contribution in [0.15, 0.2) is 10.5 Å². The van der Waals surface area contributed by atoms with E-state index < -0.39 is 75.9 Å². The highest BCUT2D eigenvalue weighted by Crippen LogP contribution is 2.47. The van der Waals surface area contributed by atoms with Gasteiger partial charge in [-0.3, -0.25) is 23.5 Å². The minimum atomic E-state index is -2.29. The van der Waals surface area contributed by atoms with Crippen molar-refractivity contribution in [2.75, 3.05) is 18.1 Å². The number of thiazole rings is 1. The summed E-state index contributed by atoms with van der Waals surface area (Å²) in [5.74, 6) is -6.97. The quantitative estimate of drug-likeness (QED) is 0.129. The fourth-order valence-electron chi connectivity index (χ4n) is 3.86. The summed E-state index contributed by atoms with van der Waals surface area (Å²) in [5, 5.41) is 24.3. The number of fused-ring (bicyclic) bond motifs is 3. The third-order valence-electron chi connectivity index (χ3n) is 5.19. The molecule has 3 aliphatic heterocycles. The number of amides is 2. The first-order valence-corrected chi connectivity index (χ1v) is 11.4. The van der Waals surface area contributed by atoms with E-state index in [-0.39, 0.29) is 23.0 Å². The average molecular weight is 501 g/mol. The molecule has 1 aromatic rings. The van der Waals surface area contributed by atoms with Crippen LogP contribution in [-0.2, 0) is 44.3 Å². The Bertz CT molecular complexity index is 1130. The zero-order valence-electron chi connectivity index (χ0n) is 16.3. The Morgan fingerprint density at radius 1 is 1.42 bits per heavy atom. The Morgan fingerprint density at radius 3 is 2.76 bits per heavy atom. The smallest absolute Gasteiger partial charge is 0.370 e. The standard InChI is InChI=1S/C16H15N5O10S2/c17-15-18-6(3-32-15)9(20-30-2-7(22)23)11(25)19-10-12(26)21-13(10)33(29)4-5-1-8(24)31-16(5,21)14(27)28/h3,5,10,13H,1-2,4H2,(H2,17,18)(H,19,25)(H,22,23)(H,27,28)/b20-9-/t5-,10+,13+,16+,33-/m0/s1. The zero-order chi connectivity index (χ0) is 24.1. The van der Waals surface area contributed by atoms with Gasteiger partial charge < -0.3 is 30.8 Å². The van der Waals surface area contributed by atoms with Gasteiger partial charge in [-0.15, -0.1) is 11.3 Å². The highest BCUT2D eigenvalue weighted by Gasteiger charge is 2.73. The van der Waals surface area contributed by atoms with Gasteiger partial charge in [0.25, 0.3) is 17.5 Å². The summed E-state index contributed by atoms with van der Waals surface area (Å²) >= 11 is 0.957. The van der Waals surface area contributed by atoms with Gasteiger partial charge in [0.1, 0.15) is 17.1 Å². The van der Waals surface area contributed by atoms with Crippen molar-refractivity contribution in [3.63, 3.8) is 0 Å². The Balaban J connectivity index is 1.59. The van der Waals surface area contributed by atoms with Crippen molar-refractivity contribution < 1.29 is 48.0 Å². The van der Waals surface area contributed by atoms with Gasteiger partial charge in [-0.05, 0) is 0 Å². The molecule has 0 unspecified atom stereocenters. The molecule has 4 heterocycles. The van der Waals surface area contributed by atoms with Crippen molar-refractivity contribution in [2.45, 2.75) is 23.6 Å². The number of hydrogen-bond acceptors (Lipinski definition) is 12.